The predicted molar refractivity (Wildman–Crippen MR) is 105 cm³/mol. The molecule has 11 heteroatoms. The summed E-state index contributed by atoms with van der Waals surface area (Å²) >= 11 is 1.09. The highest BCUT2D eigenvalue weighted by atomic mass is 32.1. The molecule has 1 aliphatic rings. The van der Waals surface area contributed by atoms with Crippen LogP contribution in [-0.4, -0.2) is 53.4 Å². The number of anilines is 1. The SMILES string of the molecule is COC(=O)c1csc(N2C(=O)[C@@H](N(C=O)C(=O)NCc3cccc(F)c3)CC2C)n1. The van der Waals surface area contributed by atoms with Gasteiger partial charge in [0.05, 0.1) is 7.11 Å². The van der Waals surface area contributed by atoms with Gasteiger partial charge in [0, 0.05) is 18.0 Å². The number of amides is 4. The third-order valence-corrected chi connectivity index (χ3v) is 5.48. The fraction of sp³-hybridized carbons (Fsp3) is 0.316. The van der Waals surface area contributed by atoms with E-state index in [1.807, 2.05) is 0 Å². The second kappa shape index (κ2) is 8.99. The highest BCUT2D eigenvalue weighted by molar-refractivity contribution is 7.14. The molecule has 2 atom stereocenters. The van der Waals surface area contributed by atoms with E-state index in [2.05, 4.69) is 15.0 Å². The van der Waals surface area contributed by atoms with Crippen molar-refractivity contribution in [2.45, 2.75) is 32.0 Å². The van der Waals surface area contributed by atoms with Crippen LogP contribution in [0.2, 0.25) is 0 Å². The quantitative estimate of drug-likeness (QED) is 0.550. The molecule has 1 aromatic carbocycles. The molecule has 1 fully saturated rings. The standard InChI is InChI=1S/C19H19FN4O5S/c1-11-6-15(16(26)24(11)19-22-14(9-30-19)17(27)29-2)23(10-25)18(28)21-8-12-4-3-5-13(20)7-12/h3-5,7,9-11,15H,6,8H2,1-2H3,(H,21,28)/t11?,15-/m0/s1. The summed E-state index contributed by atoms with van der Waals surface area (Å²) in [6.07, 6.45) is 0.500. The van der Waals surface area contributed by atoms with E-state index < -0.39 is 29.8 Å². The summed E-state index contributed by atoms with van der Waals surface area (Å²) in [5.41, 5.74) is 0.584. The van der Waals surface area contributed by atoms with Crippen molar-refractivity contribution in [1.82, 2.24) is 15.2 Å². The molecule has 4 amide bonds. The van der Waals surface area contributed by atoms with Crippen LogP contribution in [0.3, 0.4) is 0 Å². The van der Waals surface area contributed by atoms with E-state index >= 15 is 0 Å². The largest absolute Gasteiger partial charge is 0.464 e. The number of hydrogen-bond acceptors (Lipinski definition) is 7. The van der Waals surface area contributed by atoms with Crippen molar-refractivity contribution < 1.29 is 28.3 Å². The van der Waals surface area contributed by atoms with Gasteiger partial charge in [0.1, 0.15) is 11.9 Å². The van der Waals surface area contributed by atoms with Gasteiger partial charge in [-0.3, -0.25) is 19.4 Å². The molecule has 3 rings (SSSR count). The topological polar surface area (TPSA) is 109 Å². The Bertz CT molecular complexity index is 981. The van der Waals surface area contributed by atoms with E-state index in [0.29, 0.717) is 12.0 Å². The summed E-state index contributed by atoms with van der Waals surface area (Å²) in [7, 11) is 1.23. The molecule has 0 aliphatic carbocycles. The lowest BCUT2D eigenvalue weighted by Crippen LogP contribution is -2.48. The first kappa shape index (κ1) is 21.4. The van der Waals surface area contributed by atoms with Gasteiger partial charge < -0.3 is 10.1 Å². The second-order valence-corrected chi connectivity index (χ2v) is 7.45. The zero-order valence-corrected chi connectivity index (χ0v) is 17.0. The number of benzene rings is 1. The van der Waals surface area contributed by atoms with E-state index in [9.17, 15) is 23.6 Å². The molecule has 1 aliphatic heterocycles. The molecule has 0 saturated carbocycles. The van der Waals surface area contributed by atoms with Crippen LogP contribution in [0, 0.1) is 5.82 Å². The lowest BCUT2D eigenvalue weighted by molar-refractivity contribution is -0.126. The van der Waals surface area contributed by atoms with E-state index in [4.69, 9.17) is 0 Å². The zero-order valence-electron chi connectivity index (χ0n) is 16.2. The average Bonchev–Trinajstić information content (AvgIpc) is 3.31. The highest BCUT2D eigenvalue weighted by Crippen LogP contribution is 2.31. The van der Waals surface area contributed by atoms with Gasteiger partial charge in [0.15, 0.2) is 10.8 Å². The second-order valence-electron chi connectivity index (χ2n) is 6.62. The number of halogens is 1. The van der Waals surface area contributed by atoms with Crippen LogP contribution >= 0.6 is 11.3 Å². The lowest BCUT2D eigenvalue weighted by atomic mass is 10.1. The molecule has 0 radical (unpaired) electrons. The fourth-order valence-electron chi connectivity index (χ4n) is 3.17. The third kappa shape index (κ3) is 4.30. The molecule has 158 valence electrons. The Labute approximate surface area is 175 Å². The summed E-state index contributed by atoms with van der Waals surface area (Å²) in [6.45, 7) is 1.75. The molecule has 1 aromatic heterocycles. The van der Waals surface area contributed by atoms with Crippen molar-refractivity contribution in [3.8, 4) is 0 Å². The number of thiazole rings is 1. The summed E-state index contributed by atoms with van der Waals surface area (Å²) < 4.78 is 17.9. The van der Waals surface area contributed by atoms with Crippen LogP contribution in [0.4, 0.5) is 14.3 Å². The Morgan fingerprint density at radius 3 is 2.90 bits per heavy atom. The first-order valence-electron chi connectivity index (χ1n) is 8.98. The minimum Gasteiger partial charge on any atom is -0.464 e. The first-order valence-corrected chi connectivity index (χ1v) is 9.86. The number of nitrogens with zero attached hydrogens (tertiary/aromatic N) is 3. The average molecular weight is 434 g/mol. The minimum absolute atomic E-state index is 0.00389. The van der Waals surface area contributed by atoms with Crippen LogP contribution in [0.5, 0.6) is 0 Å². The Hall–Kier alpha value is -3.34. The molecule has 1 saturated heterocycles. The number of ether oxygens (including phenoxy) is 1. The Balaban J connectivity index is 1.71. The molecule has 2 heterocycles. The fourth-order valence-corrected chi connectivity index (χ4v) is 4.07. The van der Waals surface area contributed by atoms with Crippen molar-refractivity contribution in [3.05, 3.63) is 46.7 Å². The number of carbonyl (C=O) groups excluding carboxylic acids is 4. The normalized spacial score (nSPS) is 18.2. The number of esters is 1. The Morgan fingerprint density at radius 2 is 2.23 bits per heavy atom. The molecular weight excluding hydrogens is 415 g/mol. The maximum absolute atomic E-state index is 13.3. The molecule has 1 N–H and O–H groups in total. The van der Waals surface area contributed by atoms with Gasteiger partial charge in [-0.2, -0.15) is 0 Å². The van der Waals surface area contributed by atoms with Gasteiger partial charge in [-0.15, -0.1) is 11.3 Å². The van der Waals surface area contributed by atoms with E-state index in [-0.39, 0.29) is 29.8 Å². The van der Waals surface area contributed by atoms with Gasteiger partial charge in [-0.05, 0) is 31.0 Å². The predicted octanol–water partition coefficient (Wildman–Crippen LogP) is 1.93. The number of methoxy groups -OCH3 is 1. The molecule has 2 aromatic rings. The molecule has 0 spiro atoms. The van der Waals surface area contributed by atoms with Crippen molar-refractivity contribution >= 4 is 40.8 Å². The monoisotopic (exact) mass is 434 g/mol. The van der Waals surface area contributed by atoms with E-state index in [0.717, 1.165) is 16.2 Å². The van der Waals surface area contributed by atoms with Crippen LogP contribution in [0.1, 0.15) is 29.4 Å². The highest BCUT2D eigenvalue weighted by Gasteiger charge is 2.44. The third-order valence-electron chi connectivity index (χ3n) is 4.64. The number of urea groups is 1. The Kier molecular flexibility index (Phi) is 6.40. The van der Waals surface area contributed by atoms with Gasteiger partial charge >= 0.3 is 12.0 Å². The van der Waals surface area contributed by atoms with Crippen molar-refractivity contribution in [2.24, 2.45) is 0 Å². The summed E-state index contributed by atoms with van der Waals surface area (Å²) in [5, 5.41) is 4.26. The van der Waals surface area contributed by atoms with E-state index in [1.165, 1.54) is 35.6 Å². The summed E-state index contributed by atoms with van der Waals surface area (Å²) in [6, 6.07) is 3.53. The van der Waals surface area contributed by atoms with Crippen molar-refractivity contribution in [2.75, 3.05) is 12.0 Å². The number of aromatic nitrogens is 1. The van der Waals surface area contributed by atoms with Crippen molar-refractivity contribution in [1.29, 1.82) is 0 Å². The lowest BCUT2D eigenvalue weighted by Gasteiger charge is -2.22. The smallest absolute Gasteiger partial charge is 0.357 e. The molecule has 1 unspecified atom stereocenters. The van der Waals surface area contributed by atoms with E-state index in [1.54, 1.807) is 13.0 Å². The molecular formula is C19H19FN4O5S. The molecule has 9 nitrogen and oxygen atoms in total. The van der Waals surface area contributed by atoms with Crippen LogP contribution < -0.4 is 10.2 Å². The van der Waals surface area contributed by atoms with Crippen LogP contribution in [0.15, 0.2) is 29.6 Å². The number of hydrogen-bond donors (Lipinski definition) is 1. The summed E-state index contributed by atoms with van der Waals surface area (Å²) in [5.74, 6) is -1.56. The van der Waals surface area contributed by atoms with Crippen LogP contribution in [-0.2, 0) is 20.9 Å². The first-order chi connectivity index (χ1) is 14.3. The van der Waals surface area contributed by atoms with Crippen LogP contribution in [0.25, 0.3) is 0 Å². The van der Waals surface area contributed by atoms with Crippen molar-refractivity contribution in [3.63, 3.8) is 0 Å². The van der Waals surface area contributed by atoms with Gasteiger partial charge in [0.25, 0.3) is 5.91 Å². The minimum atomic E-state index is -1.02. The van der Waals surface area contributed by atoms with Gasteiger partial charge in [-0.25, -0.2) is 19.0 Å². The number of imide groups is 1. The number of rotatable bonds is 6. The molecule has 0 bridgehead atoms. The number of nitrogens with one attached hydrogen (secondary N) is 1. The summed E-state index contributed by atoms with van der Waals surface area (Å²) in [4.78, 5) is 54.9. The number of carbonyl (C=O) groups is 4. The Morgan fingerprint density at radius 1 is 1.47 bits per heavy atom. The van der Waals surface area contributed by atoms with Gasteiger partial charge in [-0.1, -0.05) is 12.1 Å². The maximum atomic E-state index is 13.3. The zero-order chi connectivity index (χ0) is 21.8. The molecule has 30 heavy (non-hydrogen) atoms. The maximum Gasteiger partial charge on any atom is 0.357 e. The van der Waals surface area contributed by atoms with Gasteiger partial charge in [0.2, 0.25) is 6.41 Å².